The Morgan fingerprint density at radius 1 is 1.04 bits per heavy atom. The number of nitrogens with two attached hydrogens (primary N) is 1. The van der Waals surface area contributed by atoms with Crippen LogP contribution in [0.4, 0.5) is 0 Å². The molecule has 1 aromatic carbocycles. The second kappa shape index (κ2) is 7.72. The molecule has 146 valence electrons. The van der Waals surface area contributed by atoms with Gasteiger partial charge in [0.2, 0.25) is 0 Å². The number of hydrogen-bond acceptors (Lipinski definition) is 4. The van der Waals surface area contributed by atoms with Gasteiger partial charge in [-0.15, -0.1) is 10.2 Å². The summed E-state index contributed by atoms with van der Waals surface area (Å²) in [5.74, 6) is 2.64. The van der Waals surface area contributed by atoms with Gasteiger partial charge in [-0.2, -0.15) is 0 Å². The second-order valence-electron chi connectivity index (χ2n) is 8.68. The van der Waals surface area contributed by atoms with E-state index in [0.29, 0.717) is 24.0 Å². The van der Waals surface area contributed by atoms with Crippen molar-refractivity contribution in [1.29, 1.82) is 0 Å². The summed E-state index contributed by atoms with van der Waals surface area (Å²) in [7, 11) is 0. The van der Waals surface area contributed by atoms with E-state index in [2.05, 4.69) is 70.8 Å². The maximum Gasteiger partial charge on any atom is 0.135 e. The number of aromatic nitrogens is 3. The van der Waals surface area contributed by atoms with Crippen molar-refractivity contribution in [2.24, 2.45) is 5.73 Å². The minimum atomic E-state index is 0.135. The lowest BCUT2D eigenvalue weighted by Crippen LogP contribution is -2.44. The van der Waals surface area contributed by atoms with Crippen molar-refractivity contribution < 1.29 is 0 Å². The molecule has 0 saturated carbocycles. The molecule has 2 saturated heterocycles. The van der Waals surface area contributed by atoms with Gasteiger partial charge in [0.05, 0.1) is 0 Å². The van der Waals surface area contributed by atoms with Crippen molar-refractivity contribution in [3.63, 3.8) is 0 Å². The summed E-state index contributed by atoms with van der Waals surface area (Å²) in [4.78, 5) is 2.74. The average molecular weight is 368 g/mol. The average Bonchev–Trinajstić information content (AvgIpc) is 3.16. The number of fused-ring (bicyclic) bond motifs is 2. The first-order valence-corrected chi connectivity index (χ1v) is 10.5. The molecule has 2 bridgehead atoms. The largest absolute Gasteiger partial charge is 0.324 e. The molecule has 2 aromatic rings. The lowest BCUT2D eigenvalue weighted by Gasteiger charge is -2.40. The van der Waals surface area contributed by atoms with Crippen LogP contribution < -0.4 is 5.73 Å². The molecule has 2 aliphatic rings. The number of benzene rings is 1. The summed E-state index contributed by atoms with van der Waals surface area (Å²) in [6, 6.07) is 12.6. The summed E-state index contributed by atoms with van der Waals surface area (Å²) in [5, 5.41) is 8.83. The Labute approximate surface area is 163 Å². The predicted octanol–water partition coefficient (Wildman–Crippen LogP) is 3.97. The first kappa shape index (κ1) is 18.6. The van der Waals surface area contributed by atoms with Crippen LogP contribution in [0.5, 0.6) is 0 Å². The van der Waals surface area contributed by atoms with Gasteiger partial charge in [-0.05, 0) is 44.6 Å². The number of piperidine rings is 1. The van der Waals surface area contributed by atoms with E-state index in [9.17, 15) is 0 Å². The molecule has 2 N–H and O–H groups in total. The number of aryl methyl sites for hydroxylation is 1. The fraction of sp³-hybridized carbons (Fsp3) is 0.636. The molecule has 2 aliphatic heterocycles. The SMILES string of the molecule is Cc1nnc(C(C)C)n1[C@@H]1C[C@H]2CC[C@@H](C1)N2CC[C@H](N)c1ccccc1. The van der Waals surface area contributed by atoms with E-state index in [1.165, 1.54) is 31.2 Å². The smallest absolute Gasteiger partial charge is 0.135 e. The molecule has 4 atom stereocenters. The highest BCUT2D eigenvalue weighted by molar-refractivity contribution is 5.18. The predicted molar refractivity (Wildman–Crippen MR) is 109 cm³/mol. The third kappa shape index (κ3) is 3.67. The van der Waals surface area contributed by atoms with Crippen molar-refractivity contribution in [2.45, 2.75) is 83.0 Å². The van der Waals surface area contributed by atoms with Crippen molar-refractivity contribution in [1.82, 2.24) is 19.7 Å². The Bertz CT molecular complexity index is 739. The van der Waals surface area contributed by atoms with E-state index in [-0.39, 0.29) is 6.04 Å². The molecule has 5 heteroatoms. The minimum Gasteiger partial charge on any atom is -0.324 e. The van der Waals surface area contributed by atoms with Gasteiger partial charge in [0.15, 0.2) is 0 Å². The van der Waals surface area contributed by atoms with Gasteiger partial charge in [-0.3, -0.25) is 4.90 Å². The van der Waals surface area contributed by atoms with E-state index >= 15 is 0 Å². The zero-order chi connectivity index (χ0) is 19.0. The topological polar surface area (TPSA) is 60.0 Å². The van der Waals surface area contributed by atoms with Gasteiger partial charge >= 0.3 is 0 Å². The molecule has 2 fully saturated rings. The van der Waals surface area contributed by atoms with Crippen LogP contribution in [0, 0.1) is 6.92 Å². The molecule has 0 radical (unpaired) electrons. The Morgan fingerprint density at radius 3 is 2.33 bits per heavy atom. The van der Waals surface area contributed by atoms with Crippen molar-refractivity contribution >= 4 is 0 Å². The summed E-state index contributed by atoms with van der Waals surface area (Å²) in [6.07, 6.45) is 6.11. The maximum absolute atomic E-state index is 6.45. The number of rotatable bonds is 6. The molecule has 0 unspecified atom stereocenters. The highest BCUT2D eigenvalue weighted by Gasteiger charge is 2.42. The fourth-order valence-corrected chi connectivity index (χ4v) is 5.21. The van der Waals surface area contributed by atoms with E-state index in [1.807, 2.05) is 0 Å². The van der Waals surface area contributed by atoms with Crippen LogP contribution in [0.3, 0.4) is 0 Å². The summed E-state index contributed by atoms with van der Waals surface area (Å²) >= 11 is 0. The van der Waals surface area contributed by atoms with Crippen LogP contribution in [0.2, 0.25) is 0 Å². The molecule has 0 spiro atoms. The quantitative estimate of drug-likeness (QED) is 0.839. The minimum absolute atomic E-state index is 0.135. The van der Waals surface area contributed by atoms with Crippen molar-refractivity contribution in [3.05, 3.63) is 47.5 Å². The Hall–Kier alpha value is -1.72. The van der Waals surface area contributed by atoms with Gasteiger partial charge in [0.1, 0.15) is 11.6 Å². The molecule has 0 amide bonds. The number of nitrogens with zero attached hydrogens (tertiary/aromatic N) is 4. The third-order valence-corrected chi connectivity index (χ3v) is 6.56. The molecule has 5 nitrogen and oxygen atoms in total. The van der Waals surface area contributed by atoms with Crippen LogP contribution in [-0.4, -0.2) is 38.3 Å². The van der Waals surface area contributed by atoms with Gasteiger partial charge in [0, 0.05) is 36.6 Å². The Kier molecular flexibility index (Phi) is 5.33. The standard InChI is InChI=1S/C22H33N5/c1-15(2)22-25-24-16(3)27(22)20-13-18-9-10-19(14-20)26(18)12-11-21(23)17-7-5-4-6-8-17/h4-8,15,18-21H,9-14,23H2,1-3H3/t18-,19+,20-,21-/m0/s1. The lowest BCUT2D eigenvalue weighted by atomic mass is 9.95. The van der Waals surface area contributed by atoms with Crippen molar-refractivity contribution in [2.75, 3.05) is 6.54 Å². The molecule has 27 heavy (non-hydrogen) atoms. The summed E-state index contributed by atoms with van der Waals surface area (Å²) < 4.78 is 2.43. The lowest BCUT2D eigenvalue weighted by molar-refractivity contribution is 0.101. The van der Waals surface area contributed by atoms with Gasteiger partial charge < -0.3 is 10.3 Å². The first-order chi connectivity index (χ1) is 13.0. The number of hydrogen-bond donors (Lipinski definition) is 1. The monoisotopic (exact) mass is 367 g/mol. The second-order valence-corrected chi connectivity index (χ2v) is 8.68. The van der Waals surface area contributed by atoms with E-state index < -0.39 is 0 Å². The third-order valence-electron chi connectivity index (χ3n) is 6.56. The zero-order valence-corrected chi connectivity index (χ0v) is 16.9. The van der Waals surface area contributed by atoms with Gasteiger partial charge in [0.25, 0.3) is 0 Å². The van der Waals surface area contributed by atoms with Crippen LogP contribution in [0.15, 0.2) is 30.3 Å². The zero-order valence-electron chi connectivity index (χ0n) is 16.9. The molecular weight excluding hydrogens is 334 g/mol. The molecule has 1 aromatic heterocycles. The fourth-order valence-electron chi connectivity index (χ4n) is 5.21. The molecule has 0 aliphatic carbocycles. The summed E-state index contributed by atoms with van der Waals surface area (Å²) in [6.45, 7) is 7.64. The first-order valence-electron chi connectivity index (χ1n) is 10.5. The van der Waals surface area contributed by atoms with Crippen LogP contribution in [0.25, 0.3) is 0 Å². The normalized spacial score (nSPS) is 26.6. The van der Waals surface area contributed by atoms with Gasteiger partial charge in [-0.25, -0.2) is 0 Å². The van der Waals surface area contributed by atoms with E-state index in [4.69, 9.17) is 5.73 Å². The summed E-state index contributed by atoms with van der Waals surface area (Å²) in [5.41, 5.74) is 7.70. The van der Waals surface area contributed by atoms with Crippen LogP contribution in [0.1, 0.15) is 81.2 Å². The van der Waals surface area contributed by atoms with Gasteiger partial charge in [-0.1, -0.05) is 44.2 Å². The Morgan fingerprint density at radius 2 is 1.70 bits per heavy atom. The highest BCUT2D eigenvalue weighted by Crippen LogP contribution is 2.42. The molecule has 3 heterocycles. The molecule has 4 rings (SSSR count). The van der Waals surface area contributed by atoms with Crippen LogP contribution >= 0.6 is 0 Å². The van der Waals surface area contributed by atoms with E-state index in [0.717, 1.165) is 24.6 Å². The maximum atomic E-state index is 6.45. The molecular formula is C22H33N5. The highest BCUT2D eigenvalue weighted by atomic mass is 15.3. The van der Waals surface area contributed by atoms with Crippen LogP contribution in [-0.2, 0) is 0 Å². The van der Waals surface area contributed by atoms with E-state index in [1.54, 1.807) is 0 Å². The Balaban J connectivity index is 1.42. The van der Waals surface area contributed by atoms with Crippen molar-refractivity contribution in [3.8, 4) is 0 Å².